The number of amides is 1. The Morgan fingerprint density at radius 2 is 2.09 bits per heavy atom. The normalized spacial score (nSPS) is 12.0. The van der Waals surface area contributed by atoms with Gasteiger partial charge in [-0.15, -0.1) is 21.5 Å². The van der Waals surface area contributed by atoms with E-state index in [1.165, 1.54) is 34.4 Å². The van der Waals surface area contributed by atoms with Gasteiger partial charge in [-0.05, 0) is 5.56 Å². The maximum atomic E-state index is 12.6. The van der Waals surface area contributed by atoms with Gasteiger partial charge in [0.15, 0.2) is 9.47 Å². The first kappa shape index (κ1) is 14.9. The van der Waals surface area contributed by atoms with Crippen LogP contribution < -0.4 is 11.1 Å². The molecule has 0 aliphatic rings. The molecule has 0 radical (unpaired) electrons. The minimum absolute atomic E-state index is 0.153. The molecule has 2 heterocycles. The minimum Gasteiger partial charge on any atom is -0.374 e. The highest BCUT2D eigenvalue weighted by Crippen LogP contribution is 2.38. The summed E-state index contributed by atoms with van der Waals surface area (Å²) in [6.07, 6.45) is 1.65. The standard InChI is InChI=1S/C13H11N5OS3/c14-11-17-18-13(22-11)21-9(8-4-2-1-3-5-8)10(19)16-12-15-6-7-20-12/h1-7,9H,(H2,14,17)(H,15,16,19). The number of hydrogen-bond donors (Lipinski definition) is 2. The molecule has 2 aromatic heterocycles. The summed E-state index contributed by atoms with van der Waals surface area (Å²) in [5, 5.41) is 12.9. The number of nitrogens with zero attached hydrogens (tertiary/aromatic N) is 3. The summed E-state index contributed by atoms with van der Waals surface area (Å²) in [6.45, 7) is 0. The molecular formula is C13H11N5OS3. The van der Waals surface area contributed by atoms with Gasteiger partial charge >= 0.3 is 0 Å². The van der Waals surface area contributed by atoms with Gasteiger partial charge in [-0.3, -0.25) is 4.79 Å². The van der Waals surface area contributed by atoms with E-state index in [-0.39, 0.29) is 5.91 Å². The van der Waals surface area contributed by atoms with Crippen molar-refractivity contribution in [2.24, 2.45) is 0 Å². The predicted molar refractivity (Wildman–Crippen MR) is 90.1 cm³/mol. The third kappa shape index (κ3) is 3.62. The number of thiazole rings is 1. The number of hydrogen-bond acceptors (Lipinski definition) is 8. The van der Waals surface area contributed by atoms with Crippen molar-refractivity contribution in [3.63, 3.8) is 0 Å². The number of carbonyl (C=O) groups excluding carboxylic acids is 1. The van der Waals surface area contributed by atoms with Crippen LogP contribution in [0, 0.1) is 0 Å². The van der Waals surface area contributed by atoms with E-state index in [0.717, 1.165) is 5.56 Å². The molecule has 0 saturated heterocycles. The first-order valence-corrected chi connectivity index (χ1v) is 8.81. The number of anilines is 2. The van der Waals surface area contributed by atoms with Crippen molar-refractivity contribution in [2.75, 3.05) is 11.1 Å². The van der Waals surface area contributed by atoms with E-state index >= 15 is 0 Å². The predicted octanol–water partition coefficient (Wildman–Crippen LogP) is 3.05. The molecule has 1 atom stereocenters. The summed E-state index contributed by atoms with van der Waals surface area (Å²) in [5.74, 6) is -0.153. The molecule has 0 spiro atoms. The van der Waals surface area contributed by atoms with Crippen LogP contribution in [-0.4, -0.2) is 21.1 Å². The van der Waals surface area contributed by atoms with Crippen molar-refractivity contribution in [3.05, 3.63) is 47.5 Å². The molecule has 3 N–H and O–H groups in total. The fraction of sp³-hybridized carbons (Fsp3) is 0.0769. The summed E-state index contributed by atoms with van der Waals surface area (Å²) in [7, 11) is 0. The van der Waals surface area contributed by atoms with Gasteiger partial charge in [-0.25, -0.2) is 4.98 Å². The fourth-order valence-corrected chi connectivity index (χ4v) is 4.09. The smallest absolute Gasteiger partial charge is 0.244 e. The lowest BCUT2D eigenvalue weighted by Crippen LogP contribution is -2.18. The molecule has 3 aromatic rings. The highest BCUT2D eigenvalue weighted by Gasteiger charge is 2.24. The Kier molecular flexibility index (Phi) is 4.66. The van der Waals surface area contributed by atoms with Gasteiger partial charge in [0.25, 0.3) is 0 Å². The van der Waals surface area contributed by atoms with Crippen LogP contribution in [-0.2, 0) is 4.79 Å². The summed E-state index contributed by atoms with van der Waals surface area (Å²) >= 11 is 3.96. The number of benzene rings is 1. The zero-order chi connectivity index (χ0) is 15.4. The van der Waals surface area contributed by atoms with Crippen LogP contribution in [0.15, 0.2) is 46.2 Å². The molecule has 3 rings (SSSR count). The van der Waals surface area contributed by atoms with Crippen molar-refractivity contribution in [2.45, 2.75) is 9.59 Å². The van der Waals surface area contributed by atoms with Crippen LogP contribution in [0.5, 0.6) is 0 Å². The number of nitrogen functional groups attached to an aromatic ring is 1. The Balaban J connectivity index is 1.83. The molecule has 0 saturated carbocycles. The van der Waals surface area contributed by atoms with Gasteiger partial charge in [0.1, 0.15) is 5.25 Å². The molecule has 1 unspecified atom stereocenters. The van der Waals surface area contributed by atoms with Crippen LogP contribution in [0.1, 0.15) is 10.8 Å². The molecule has 22 heavy (non-hydrogen) atoms. The lowest BCUT2D eigenvalue weighted by Gasteiger charge is -2.14. The second-order valence-electron chi connectivity index (χ2n) is 4.14. The quantitative estimate of drug-likeness (QED) is 0.688. The third-order valence-corrected chi connectivity index (χ3v) is 5.42. The van der Waals surface area contributed by atoms with E-state index in [2.05, 4.69) is 20.5 Å². The van der Waals surface area contributed by atoms with Crippen molar-refractivity contribution >= 4 is 50.6 Å². The summed E-state index contributed by atoms with van der Waals surface area (Å²) in [5.41, 5.74) is 6.49. The Labute approximate surface area is 138 Å². The Morgan fingerprint density at radius 3 is 2.73 bits per heavy atom. The average Bonchev–Trinajstić information content (AvgIpc) is 3.17. The maximum absolute atomic E-state index is 12.6. The van der Waals surface area contributed by atoms with Gasteiger partial charge in [0, 0.05) is 11.6 Å². The van der Waals surface area contributed by atoms with Crippen LogP contribution >= 0.6 is 34.4 Å². The van der Waals surface area contributed by atoms with Crippen LogP contribution in [0.4, 0.5) is 10.3 Å². The van der Waals surface area contributed by atoms with E-state index in [9.17, 15) is 4.79 Å². The number of nitrogens with one attached hydrogen (secondary N) is 1. The van der Waals surface area contributed by atoms with E-state index in [1.54, 1.807) is 6.20 Å². The Morgan fingerprint density at radius 1 is 1.27 bits per heavy atom. The molecule has 1 aromatic carbocycles. The number of thioether (sulfide) groups is 1. The maximum Gasteiger partial charge on any atom is 0.244 e. The largest absolute Gasteiger partial charge is 0.374 e. The summed E-state index contributed by atoms with van der Waals surface area (Å²) in [4.78, 5) is 16.7. The monoisotopic (exact) mass is 349 g/mol. The second-order valence-corrected chi connectivity index (χ2v) is 7.40. The number of carbonyl (C=O) groups is 1. The zero-order valence-electron chi connectivity index (χ0n) is 11.2. The van der Waals surface area contributed by atoms with Gasteiger partial charge < -0.3 is 11.1 Å². The molecule has 0 bridgehead atoms. The highest BCUT2D eigenvalue weighted by molar-refractivity contribution is 8.02. The van der Waals surface area contributed by atoms with Crippen molar-refractivity contribution < 1.29 is 4.79 Å². The average molecular weight is 349 g/mol. The third-order valence-electron chi connectivity index (χ3n) is 2.64. The SMILES string of the molecule is Nc1nnc(SC(C(=O)Nc2nccs2)c2ccccc2)s1. The first-order valence-electron chi connectivity index (χ1n) is 6.23. The van der Waals surface area contributed by atoms with Crippen LogP contribution in [0.3, 0.4) is 0 Å². The summed E-state index contributed by atoms with van der Waals surface area (Å²) in [6, 6.07) is 9.52. The van der Waals surface area contributed by atoms with Gasteiger partial charge in [-0.1, -0.05) is 53.4 Å². The Bertz CT molecular complexity index is 744. The van der Waals surface area contributed by atoms with Gasteiger partial charge in [-0.2, -0.15) is 0 Å². The van der Waals surface area contributed by atoms with Crippen LogP contribution in [0.25, 0.3) is 0 Å². The Hall–Kier alpha value is -1.97. The number of aromatic nitrogens is 3. The van der Waals surface area contributed by atoms with E-state index < -0.39 is 5.25 Å². The van der Waals surface area contributed by atoms with Crippen molar-refractivity contribution in [3.8, 4) is 0 Å². The molecule has 6 nitrogen and oxygen atoms in total. The lowest BCUT2D eigenvalue weighted by atomic mass is 10.1. The van der Waals surface area contributed by atoms with Crippen molar-refractivity contribution in [1.29, 1.82) is 0 Å². The zero-order valence-corrected chi connectivity index (χ0v) is 13.6. The van der Waals surface area contributed by atoms with Gasteiger partial charge in [0.2, 0.25) is 11.0 Å². The molecule has 1 amide bonds. The minimum atomic E-state index is -0.447. The molecule has 112 valence electrons. The molecule has 0 fully saturated rings. The van der Waals surface area contributed by atoms with Gasteiger partial charge in [0.05, 0.1) is 0 Å². The molecule has 0 aliphatic heterocycles. The topological polar surface area (TPSA) is 93.8 Å². The number of nitrogens with two attached hydrogens (primary N) is 1. The first-order chi connectivity index (χ1) is 10.7. The highest BCUT2D eigenvalue weighted by atomic mass is 32.2. The molecule has 9 heteroatoms. The fourth-order valence-electron chi connectivity index (χ4n) is 1.73. The lowest BCUT2D eigenvalue weighted by molar-refractivity contribution is -0.115. The molecular weight excluding hydrogens is 338 g/mol. The van der Waals surface area contributed by atoms with E-state index in [1.807, 2.05) is 35.7 Å². The van der Waals surface area contributed by atoms with Crippen LogP contribution in [0.2, 0.25) is 0 Å². The second kappa shape index (κ2) is 6.86. The summed E-state index contributed by atoms with van der Waals surface area (Å²) < 4.78 is 0.653. The number of rotatable bonds is 5. The molecule has 0 aliphatic carbocycles. The van der Waals surface area contributed by atoms with E-state index in [0.29, 0.717) is 14.6 Å². The van der Waals surface area contributed by atoms with Crippen molar-refractivity contribution in [1.82, 2.24) is 15.2 Å². The van der Waals surface area contributed by atoms with E-state index in [4.69, 9.17) is 5.73 Å².